The largest absolute Gasteiger partial charge is 0.493 e. The first kappa shape index (κ1) is 15.6. The van der Waals surface area contributed by atoms with Gasteiger partial charge in [0.2, 0.25) is 5.91 Å². The lowest BCUT2D eigenvalue weighted by molar-refractivity contribution is -0.144. The third-order valence-corrected chi connectivity index (χ3v) is 3.33. The van der Waals surface area contributed by atoms with E-state index in [-0.39, 0.29) is 13.0 Å². The van der Waals surface area contributed by atoms with Gasteiger partial charge in [-0.15, -0.1) is 0 Å². The molecule has 1 atom stereocenters. The number of hydrogen-bond acceptors (Lipinski definition) is 5. The molecule has 2 N–H and O–H groups in total. The molecule has 3 amide bonds. The summed E-state index contributed by atoms with van der Waals surface area (Å²) in [5.41, 5.74) is 0.583. The number of benzene rings is 1. The number of carbonyl (C=O) groups excluding carboxylic acids is 2. The van der Waals surface area contributed by atoms with Gasteiger partial charge in [-0.25, -0.2) is 9.59 Å². The SMILES string of the molecule is COc1cccc(CN2C(=O)C[C@@H](C(=O)O)NC2=O)c1OC. The predicted octanol–water partition coefficient (Wildman–Crippen LogP) is 0.599. The Kier molecular flexibility index (Phi) is 4.50. The van der Waals surface area contributed by atoms with Crippen LogP contribution in [0.3, 0.4) is 0 Å². The van der Waals surface area contributed by atoms with Crippen LogP contribution in [0.1, 0.15) is 12.0 Å². The van der Waals surface area contributed by atoms with Crippen molar-refractivity contribution in [2.45, 2.75) is 19.0 Å². The van der Waals surface area contributed by atoms with Crippen molar-refractivity contribution in [3.63, 3.8) is 0 Å². The van der Waals surface area contributed by atoms with E-state index in [1.54, 1.807) is 18.2 Å². The van der Waals surface area contributed by atoms with Crippen LogP contribution < -0.4 is 14.8 Å². The molecule has 0 saturated carbocycles. The van der Waals surface area contributed by atoms with E-state index in [1.807, 2.05) is 0 Å². The molecule has 1 aliphatic heterocycles. The Bertz CT molecular complexity index is 597. The van der Waals surface area contributed by atoms with Gasteiger partial charge in [-0.2, -0.15) is 0 Å². The van der Waals surface area contributed by atoms with Crippen LogP contribution in [0.2, 0.25) is 0 Å². The lowest BCUT2D eigenvalue weighted by atomic mass is 10.1. The minimum Gasteiger partial charge on any atom is -0.493 e. The molecule has 0 radical (unpaired) electrons. The first-order chi connectivity index (χ1) is 10.5. The first-order valence-corrected chi connectivity index (χ1v) is 6.51. The molecule has 1 aliphatic rings. The van der Waals surface area contributed by atoms with E-state index in [1.165, 1.54) is 14.2 Å². The minimum absolute atomic E-state index is 0.0304. The predicted molar refractivity (Wildman–Crippen MR) is 74.7 cm³/mol. The van der Waals surface area contributed by atoms with Crippen LogP contribution in [-0.2, 0) is 16.1 Å². The number of ether oxygens (including phenoxy) is 2. The molecular weight excluding hydrogens is 292 g/mol. The number of nitrogens with zero attached hydrogens (tertiary/aromatic N) is 1. The van der Waals surface area contributed by atoms with E-state index in [0.29, 0.717) is 17.1 Å². The number of rotatable bonds is 5. The van der Waals surface area contributed by atoms with Crippen molar-refractivity contribution in [2.75, 3.05) is 14.2 Å². The number of urea groups is 1. The first-order valence-electron chi connectivity index (χ1n) is 6.51. The van der Waals surface area contributed by atoms with E-state index in [0.717, 1.165) is 4.90 Å². The second kappa shape index (κ2) is 6.33. The van der Waals surface area contributed by atoms with Crippen LogP contribution in [0.25, 0.3) is 0 Å². The van der Waals surface area contributed by atoms with Gasteiger partial charge in [0.1, 0.15) is 6.04 Å². The molecule has 1 aromatic carbocycles. The summed E-state index contributed by atoms with van der Waals surface area (Å²) in [4.78, 5) is 35.8. The van der Waals surface area contributed by atoms with E-state index in [4.69, 9.17) is 14.6 Å². The number of aliphatic carboxylic acids is 1. The number of hydrogen-bond donors (Lipinski definition) is 2. The van der Waals surface area contributed by atoms with Crippen molar-refractivity contribution in [1.82, 2.24) is 10.2 Å². The number of carboxylic acids is 1. The Balaban J connectivity index is 2.23. The maximum absolute atomic E-state index is 12.0. The zero-order valence-electron chi connectivity index (χ0n) is 12.2. The van der Waals surface area contributed by atoms with Crippen molar-refractivity contribution < 1.29 is 29.0 Å². The summed E-state index contributed by atoms with van der Waals surface area (Å²) >= 11 is 0. The molecule has 0 spiro atoms. The quantitative estimate of drug-likeness (QED) is 0.825. The monoisotopic (exact) mass is 308 g/mol. The van der Waals surface area contributed by atoms with Crippen LogP contribution in [0.15, 0.2) is 18.2 Å². The molecular formula is C14H16N2O6. The van der Waals surface area contributed by atoms with Crippen LogP contribution in [-0.4, -0.2) is 48.2 Å². The molecule has 1 heterocycles. The smallest absolute Gasteiger partial charge is 0.326 e. The summed E-state index contributed by atoms with van der Waals surface area (Å²) in [6.45, 7) is -0.0304. The van der Waals surface area contributed by atoms with E-state index < -0.39 is 23.9 Å². The molecule has 118 valence electrons. The Morgan fingerprint density at radius 1 is 1.36 bits per heavy atom. The summed E-state index contributed by atoms with van der Waals surface area (Å²) in [6.07, 6.45) is -0.284. The highest BCUT2D eigenvalue weighted by Crippen LogP contribution is 2.31. The van der Waals surface area contributed by atoms with Gasteiger partial charge in [0.25, 0.3) is 0 Å². The molecule has 0 aliphatic carbocycles. The highest BCUT2D eigenvalue weighted by Gasteiger charge is 2.36. The van der Waals surface area contributed by atoms with Crippen LogP contribution >= 0.6 is 0 Å². The second-order valence-electron chi connectivity index (χ2n) is 4.68. The molecule has 8 nitrogen and oxygen atoms in total. The fraction of sp³-hybridized carbons (Fsp3) is 0.357. The summed E-state index contributed by atoms with van der Waals surface area (Å²) in [5, 5.41) is 11.2. The fourth-order valence-corrected chi connectivity index (χ4v) is 2.23. The highest BCUT2D eigenvalue weighted by molar-refractivity contribution is 6.01. The lowest BCUT2D eigenvalue weighted by Crippen LogP contribution is -2.56. The fourth-order valence-electron chi connectivity index (χ4n) is 2.23. The van der Waals surface area contributed by atoms with Crippen LogP contribution in [0.5, 0.6) is 11.5 Å². The number of para-hydroxylation sites is 1. The molecule has 1 aromatic rings. The van der Waals surface area contributed by atoms with Gasteiger partial charge in [-0.3, -0.25) is 9.69 Å². The van der Waals surface area contributed by atoms with Crippen LogP contribution in [0.4, 0.5) is 4.79 Å². The Morgan fingerprint density at radius 3 is 2.64 bits per heavy atom. The summed E-state index contributed by atoms with van der Waals surface area (Å²) in [7, 11) is 2.94. The van der Waals surface area contributed by atoms with Gasteiger partial charge in [0.05, 0.1) is 27.2 Å². The van der Waals surface area contributed by atoms with Crippen molar-refractivity contribution in [2.24, 2.45) is 0 Å². The molecule has 0 aromatic heterocycles. The van der Waals surface area contributed by atoms with Crippen LogP contribution in [0, 0.1) is 0 Å². The molecule has 0 bridgehead atoms. The van der Waals surface area contributed by atoms with Gasteiger partial charge in [0.15, 0.2) is 11.5 Å². The topological polar surface area (TPSA) is 105 Å². The van der Waals surface area contributed by atoms with Gasteiger partial charge in [-0.1, -0.05) is 12.1 Å². The van der Waals surface area contributed by atoms with Crippen molar-refractivity contribution in [3.8, 4) is 11.5 Å². The third kappa shape index (κ3) is 2.95. The summed E-state index contributed by atoms with van der Waals surface area (Å²) in [5.74, 6) is -0.888. The van der Waals surface area contributed by atoms with Gasteiger partial charge in [0, 0.05) is 5.56 Å². The Morgan fingerprint density at radius 2 is 2.09 bits per heavy atom. The third-order valence-electron chi connectivity index (χ3n) is 3.33. The normalized spacial score (nSPS) is 17.9. The summed E-state index contributed by atoms with van der Waals surface area (Å²) in [6, 6.07) is 3.17. The van der Waals surface area contributed by atoms with Crippen molar-refractivity contribution in [3.05, 3.63) is 23.8 Å². The van der Waals surface area contributed by atoms with E-state index >= 15 is 0 Å². The number of carboxylic acid groups (broad SMARTS) is 1. The number of imide groups is 1. The maximum atomic E-state index is 12.0. The average Bonchev–Trinajstić information content (AvgIpc) is 2.49. The molecule has 1 saturated heterocycles. The number of amides is 3. The number of methoxy groups -OCH3 is 2. The molecule has 2 rings (SSSR count). The minimum atomic E-state index is -1.24. The maximum Gasteiger partial charge on any atom is 0.326 e. The number of carbonyl (C=O) groups is 3. The Hall–Kier alpha value is -2.77. The van der Waals surface area contributed by atoms with Crippen molar-refractivity contribution >= 4 is 17.9 Å². The zero-order chi connectivity index (χ0) is 16.3. The number of nitrogens with one attached hydrogen (secondary N) is 1. The Labute approximate surface area is 126 Å². The zero-order valence-corrected chi connectivity index (χ0v) is 12.2. The average molecular weight is 308 g/mol. The second-order valence-corrected chi connectivity index (χ2v) is 4.68. The molecule has 1 fully saturated rings. The van der Waals surface area contributed by atoms with Gasteiger partial charge >= 0.3 is 12.0 Å². The molecule has 8 heteroatoms. The standard InChI is InChI=1S/C14H16N2O6/c1-21-10-5-3-4-8(12(10)22-2)7-16-11(17)6-9(13(18)19)15-14(16)20/h3-5,9H,6-7H2,1-2H3,(H,15,20)(H,18,19)/t9-/m0/s1. The van der Waals surface area contributed by atoms with E-state index in [9.17, 15) is 14.4 Å². The summed E-state index contributed by atoms with van der Waals surface area (Å²) < 4.78 is 10.4. The van der Waals surface area contributed by atoms with Gasteiger partial charge < -0.3 is 19.9 Å². The van der Waals surface area contributed by atoms with Crippen molar-refractivity contribution in [1.29, 1.82) is 0 Å². The highest BCUT2D eigenvalue weighted by atomic mass is 16.5. The molecule has 22 heavy (non-hydrogen) atoms. The lowest BCUT2D eigenvalue weighted by Gasteiger charge is -2.29. The van der Waals surface area contributed by atoms with E-state index in [2.05, 4.69) is 5.32 Å². The van der Waals surface area contributed by atoms with Gasteiger partial charge in [-0.05, 0) is 6.07 Å². The molecule has 0 unspecified atom stereocenters.